The Bertz CT molecular complexity index is 1790. The molecule has 6 rings (SSSR count). The van der Waals surface area contributed by atoms with Crippen molar-refractivity contribution in [3.05, 3.63) is 108 Å². The lowest BCUT2D eigenvalue weighted by molar-refractivity contribution is -0.113. The van der Waals surface area contributed by atoms with Crippen LogP contribution in [0.15, 0.2) is 96.9 Å². The van der Waals surface area contributed by atoms with E-state index in [0.29, 0.717) is 33.9 Å². The Morgan fingerprint density at radius 2 is 1.83 bits per heavy atom. The first kappa shape index (κ1) is 25.9. The number of fused-ring (bicyclic) bond motifs is 1. The van der Waals surface area contributed by atoms with E-state index < -0.39 is 23.8 Å². The predicted molar refractivity (Wildman–Crippen MR) is 147 cm³/mol. The normalized spacial score (nSPS) is 15.1. The molecule has 2 aromatic carbocycles. The number of nitrogens with zero attached hydrogens (tertiary/aromatic N) is 6. The van der Waals surface area contributed by atoms with E-state index in [1.165, 1.54) is 47.6 Å². The molecule has 5 aromatic rings. The van der Waals surface area contributed by atoms with Crippen LogP contribution in [-0.2, 0) is 4.79 Å². The number of hydrogen-bond acceptors (Lipinski definition) is 8. The molecule has 3 aromatic heterocycles. The topological polar surface area (TPSA) is 108 Å². The number of hydrazine groups is 1. The molecule has 0 spiro atoms. The van der Waals surface area contributed by atoms with E-state index in [2.05, 4.69) is 20.4 Å². The second-order valence-corrected chi connectivity index (χ2v) is 9.23. The molecule has 41 heavy (non-hydrogen) atoms. The van der Waals surface area contributed by atoms with Crippen LogP contribution in [0.2, 0.25) is 0 Å². The van der Waals surface area contributed by atoms with Crippen LogP contribution in [0.5, 0.6) is 11.5 Å². The van der Waals surface area contributed by atoms with E-state index in [-0.39, 0.29) is 17.0 Å². The lowest BCUT2D eigenvalue weighted by Gasteiger charge is -2.31. The summed E-state index contributed by atoms with van der Waals surface area (Å²) in [5.74, 6) is -1.47. The van der Waals surface area contributed by atoms with Crippen molar-refractivity contribution in [1.29, 1.82) is 0 Å². The Morgan fingerprint density at radius 3 is 2.56 bits per heavy atom. The van der Waals surface area contributed by atoms with E-state index >= 15 is 4.39 Å². The number of rotatable bonds is 6. The molecule has 1 atom stereocenters. The van der Waals surface area contributed by atoms with Crippen molar-refractivity contribution in [3.63, 3.8) is 0 Å². The Hall–Kier alpha value is -5.36. The molecular formula is C29H23F2N7O3. The van der Waals surface area contributed by atoms with E-state index in [9.17, 15) is 14.3 Å². The SMILES string of the molecule is CC1=C(C(=O)Nc2ccc(Oc3ccnn4ccc(-c5cnccn5)c34)c(F)c2)C(O)N(c2ccc(F)cc2)N1C. The van der Waals surface area contributed by atoms with Crippen LogP contribution in [0.3, 0.4) is 0 Å². The average molecular weight is 556 g/mol. The molecule has 0 radical (unpaired) electrons. The zero-order chi connectivity index (χ0) is 28.7. The predicted octanol–water partition coefficient (Wildman–Crippen LogP) is 4.76. The van der Waals surface area contributed by atoms with Crippen LogP contribution >= 0.6 is 0 Å². The van der Waals surface area contributed by atoms with Crippen LogP contribution < -0.4 is 15.1 Å². The summed E-state index contributed by atoms with van der Waals surface area (Å²) in [5.41, 5.74) is 3.11. The van der Waals surface area contributed by atoms with Gasteiger partial charge in [-0.05, 0) is 49.4 Å². The van der Waals surface area contributed by atoms with Crippen LogP contribution in [0, 0.1) is 11.6 Å². The standard InChI is InChI=1S/C29H23F2N7O3/c1-17-26(29(40)38(36(17)2)20-6-3-18(30)4-7-20)28(39)35-19-5-8-24(22(31)15-19)41-25-9-11-34-37-14-10-21(27(25)37)23-16-32-12-13-33-23/h3-16,29,40H,1-2H3,(H,35,39). The first-order valence-electron chi connectivity index (χ1n) is 12.5. The van der Waals surface area contributed by atoms with E-state index in [0.717, 1.165) is 6.07 Å². The van der Waals surface area contributed by atoms with Gasteiger partial charge >= 0.3 is 0 Å². The minimum Gasteiger partial charge on any atom is -0.452 e. The highest BCUT2D eigenvalue weighted by Gasteiger charge is 2.38. The number of carbonyl (C=O) groups excluding carboxylic acids is 1. The van der Waals surface area contributed by atoms with Crippen molar-refractivity contribution >= 4 is 22.8 Å². The molecule has 0 aliphatic carbocycles. The lowest BCUT2D eigenvalue weighted by Crippen LogP contribution is -2.41. The number of hydrogen-bond donors (Lipinski definition) is 2. The van der Waals surface area contributed by atoms with E-state index in [1.807, 2.05) is 6.07 Å². The van der Waals surface area contributed by atoms with Crippen LogP contribution in [-0.4, -0.2) is 48.9 Å². The zero-order valence-corrected chi connectivity index (χ0v) is 21.9. The molecule has 0 saturated carbocycles. The summed E-state index contributed by atoms with van der Waals surface area (Å²) >= 11 is 0. The van der Waals surface area contributed by atoms with Gasteiger partial charge in [0.15, 0.2) is 23.5 Å². The highest BCUT2D eigenvalue weighted by molar-refractivity contribution is 6.05. The molecule has 206 valence electrons. The van der Waals surface area contributed by atoms with Gasteiger partial charge in [-0.2, -0.15) is 5.10 Å². The number of nitrogens with one attached hydrogen (secondary N) is 1. The van der Waals surface area contributed by atoms with Gasteiger partial charge in [-0.1, -0.05) is 0 Å². The minimum atomic E-state index is -1.34. The summed E-state index contributed by atoms with van der Waals surface area (Å²) in [5, 5.41) is 20.9. The number of allylic oxidation sites excluding steroid dienone is 1. The number of aromatic nitrogens is 4. The molecule has 4 heterocycles. The summed E-state index contributed by atoms with van der Waals surface area (Å²) in [6.45, 7) is 1.67. The van der Waals surface area contributed by atoms with Gasteiger partial charge in [0.2, 0.25) is 0 Å². The van der Waals surface area contributed by atoms with Crippen LogP contribution in [0.1, 0.15) is 6.92 Å². The fraction of sp³-hybridized carbons (Fsp3) is 0.103. The molecule has 0 saturated heterocycles. The number of aliphatic hydroxyl groups is 1. The quantitative estimate of drug-likeness (QED) is 0.309. The summed E-state index contributed by atoms with van der Waals surface area (Å²) in [4.78, 5) is 21.6. The van der Waals surface area contributed by atoms with Crippen molar-refractivity contribution in [2.75, 3.05) is 17.4 Å². The van der Waals surface area contributed by atoms with Crippen molar-refractivity contribution in [1.82, 2.24) is 24.6 Å². The molecule has 0 fully saturated rings. The second-order valence-electron chi connectivity index (χ2n) is 9.23. The number of carbonyl (C=O) groups is 1. The third kappa shape index (κ3) is 4.70. The van der Waals surface area contributed by atoms with Gasteiger partial charge in [0, 0.05) is 54.7 Å². The van der Waals surface area contributed by atoms with E-state index in [4.69, 9.17) is 4.74 Å². The maximum atomic E-state index is 15.2. The molecule has 1 aliphatic heterocycles. The molecule has 1 amide bonds. The summed E-state index contributed by atoms with van der Waals surface area (Å²) in [7, 11) is 1.67. The van der Waals surface area contributed by atoms with Crippen molar-refractivity contribution < 1.29 is 23.4 Å². The Balaban J connectivity index is 1.22. The Morgan fingerprint density at radius 1 is 1.02 bits per heavy atom. The van der Waals surface area contributed by atoms with Gasteiger partial charge < -0.3 is 15.2 Å². The highest BCUT2D eigenvalue weighted by atomic mass is 19.1. The number of anilines is 2. The summed E-state index contributed by atoms with van der Waals surface area (Å²) < 4.78 is 36.1. The Labute approximate surface area is 232 Å². The van der Waals surface area contributed by atoms with Gasteiger partial charge in [-0.15, -0.1) is 0 Å². The molecular weight excluding hydrogens is 532 g/mol. The average Bonchev–Trinajstić information content (AvgIpc) is 3.50. The van der Waals surface area contributed by atoms with Gasteiger partial charge in [-0.25, -0.2) is 13.3 Å². The first-order valence-corrected chi connectivity index (χ1v) is 12.5. The minimum absolute atomic E-state index is 0.0686. The summed E-state index contributed by atoms with van der Waals surface area (Å²) in [6.07, 6.45) is 6.69. The van der Waals surface area contributed by atoms with Gasteiger partial charge in [-0.3, -0.25) is 24.8 Å². The lowest BCUT2D eigenvalue weighted by atomic mass is 10.1. The third-order valence-electron chi connectivity index (χ3n) is 6.79. The zero-order valence-electron chi connectivity index (χ0n) is 21.9. The number of halogens is 2. The van der Waals surface area contributed by atoms with E-state index in [1.54, 1.807) is 54.3 Å². The smallest absolute Gasteiger partial charge is 0.258 e. The largest absolute Gasteiger partial charge is 0.452 e. The molecule has 10 nitrogen and oxygen atoms in total. The Kier molecular flexibility index (Phi) is 6.52. The first-order chi connectivity index (χ1) is 19.8. The molecule has 1 unspecified atom stereocenters. The maximum absolute atomic E-state index is 15.2. The third-order valence-corrected chi connectivity index (χ3v) is 6.79. The van der Waals surface area contributed by atoms with Crippen LogP contribution in [0.25, 0.3) is 16.8 Å². The fourth-order valence-corrected chi connectivity index (χ4v) is 4.72. The molecule has 2 N–H and O–H groups in total. The highest BCUT2D eigenvalue weighted by Crippen LogP contribution is 2.35. The van der Waals surface area contributed by atoms with Crippen molar-refractivity contribution in [2.24, 2.45) is 0 Å². The molecule has 12 heteroatoms. The number of ether oxygens (including phenoxy) is 1. The van der Waals surface area contributed by atoms with Gasteiger partial charge in [0.05, 0.1) is 29.3 Å². The monoisotopic (exact) mass is 555 g/mol. The molecule has 1 aliphatic rings. The van der Waals surface area contributed by atoms with Crippen LogP contribution in [0.4, 0.5) is 20.2 Å². The maximum Gasteiger partial charge on any atom is 0.258 e. The van der Waals surface area contributed by atoms with Gasteiger partial charge in [0.1, 0.15) is 11.3 Å². The second kappa shape index (κ2) is 10.3. The number of amides is 1. The summed E-state index contributed by atoms with van der Waals surface area (Å²) in [6, 6.07) is 13.0. The number of aliphatic hydroxyl groups excluding tert-OH is 1. The fourth-order valence-electron chi connectivity index (χ4n) is 4.72. The number of benzene rings is 2. The van der Waals surface area contributed by atoms with Gasteiger partial charge in [0.25, 0.3) is 5.91 Å². The van der Waals surface area contributed by atoms with Crippen molar-refractivity contribution in [2.45, 2.75) is 13.2 Å². The molecule has 0 bridgehead atoms. The van der Waals surface area contributed by atoms with Crippen molar-refractivity contribution in [3.8, 4) is 22.8 Å².